The maximum Gasteiger partial charge on any atom is 0.407 e. The zero-order chi connectivity index (χ0) is 26.1. The molecule has 194 valence electrons. The largest absolute Gasteiger partial charge is 0.466 e. The van der Waals surface area contributed by atoms with Gasteiger partial charge in [-0.3, -0.25) is 0 Å². The van der Waals surface area contributed by atoms with Crippen molar-refractivity contribution < 1.29 is 23.4 Å². The first-order valence-electron chi connectivity index (χ1n) is 12.2. The van der Waals surface area contributed by atoms with Crippen LogP contribution in [-0.2, 0) is 9.47 Å². The van der Waals surface area contributed by atoms with Crippen LogP contribution in [0.2, 0.25) is 0 Å². The lowest BCUT2D eigenvalue weighted by molar-refractivity contribution is 0.0511. The van der Waals surface area contributed by atoms with E-state index < -0.39 is 6.09 Å². The van der Waals surface area contributed by atoms with Crippen LogP contribution in [0.5, 0.6) is 5.75 Å². The molecule has 1 aromatic carbocycles. The number of oxazole rings is 1. The van der Waals surface area contributed by atoms with Gasteiger partial charge in [0.05, 0.1) is 29.6 Å². The van der Waals surface area contributed by atoms with Crippen molar-refractivity contribution >= 4 is 34.2 Å². The average molecular weight is 507 g/mol. The first kappa shape index (κ1) is 24.7. The SMILES string of the molecule is COCOc1c(-c2ccc3nc(N4CC[C@@H](NC(=O)OC(C)C)C4)ncc3n2)cc2oc(C)nc2c1C. The van der Waals surface area contributed by atoms with Gasteiger partial charge in [0.25, 0.3) is 0 Å². The fraction of sp³-hybridized carbons (Fsp3) is 0.423. The minimum absolute atomic E-state index is 0.0190. The van der Waals surface area contributed by atoms with Crippen LogP contribution >= 0.6 is 0 Å². The number of benzene rings is 1. The van der Waals surface area contributed by atoms with Crippen LogP contribution in [0.25, 0.3) is 33.4 Å². The number of alkyl carbamates (subject to hydrolysis) is 1. The molecule has 0 unspecified atom stereocenters. The number of aromatic nitrogens is 4. The van der Waals surface area contributed by atoms with Crippen molar-refractivity contribution in [2.24, 2.45) is 0 Å². The van der Waals surface area contributed by atoms with Gasteiger partial charge in [-0.1, -0.05) is 0 Å². The van der Waals surface area contributed by atoms with Crippen molar-refractivity contribution in [1.82, 2.24) is 25.3 Å². The van der Waals surface area contributed by atoms with Crippen molar-refractivity contribution in [3.8, 4) is 17.0 Å². The summed E-state index contributed by atoms with van der Waals surface area (Å²) in [6.45, 7) is 8.84. The number of carbonyl (C=O) groups is 1. The molecule has 1 aliphatic rings. The second-order valence-corrected chi connectivity index (χ2v) is 9.31. The van der Waals surface area contributed by atoms with E-state index in [-0.39, 0.29) is 18.9 Å². The molecule has 1 saturated heterocycles. The number of fused-ring (bicyclic) bond motifs is 2. The van der Waals surface area contributed by atoms with E-state index in [1.165, 1.54) is 0 Å². The van der Waals surface area contributed by atoms with Gasteiger partial charge in [0.15, 0.2) is 18.3 Å². The number of aryl methyl sites for hydroxylation is 2. The summed E-state index contributed by atoms with van der Waals surface area (Å²) < 4.78 is 22.0. The lowest BCUT2D eigenvalue weighted by Crippen LogP contribution is -2.38. The summed E-state index contributed by atoms with van der Waals surface area (Å²) in [5.74, 6) is 1.82. The number of hydrogen-bond acceptors (Lipinski definition) is 10. The number of pyridine rings is 1. The molecule has 0 radical (unpaired) electrons. The highest BCUT2D eigenvalue weighted by molar-refractivity contribution is 5.89. The van der Waals surface area contributed by atoms with Gasteiger partial charge < -0.3 is 28.8 Å². The minimum Gasteiger partial charge on any atom is -0.466 e. The number of rotatable bonds is 7. The van der Waals surface area contributed by atoms with Crippen LogP contribution in [0, 0.1) is 13.8 Å². The monoisotopic (exact) mass is 506 g/mol. The molecule has 0 saturated carbocycles. The van der Waals surface area contributed by atoms with Gasteiger partial charge in [-0.2, -0.15) is 0 Å². The normalized spacial score (nSPS) is 15.6. The molecular formula is C26H30N6O5. The van der Waals surface area contributed by atoms with E-state index in [1.54, 1.807) is 13.3 Å². The number of nitrogens with zero attached hydrogens (tertiary/aromatic N) is 5. The van der Waals surface area contributed by atoms with Crippen molar-refractivity contribution in [3.63, 3.8) is 0 Å². The van der Waals surface area contributed by atoms with Crippen molar-refractivity contribution in [2.75, 3.05) is 31.9 Å². The summed E-state index contributed by atoms with van der Waals surface area (Å²) in [6, 6.07) is 5.69. The second-order valence-electron chi connectivity index (χ2n) is 9.31. The zero-order valence-electron chi connectivity index (χ0n) is 21.6. The maximum atomic E-state index is 11.9. The van der Waals surface area contributed by atoms with Crippen molar-refractivity contribution in [1.29, 1.82) is 0 Å². The van der Waals surface area contributed by atoms with E-state index in [0.29, 0.717) is 40.9 Å². The minimum atomic E-state index is -0.402. The number of nitrogens with one attached hydrogen (secondary N) is 1. The van der Waals surface area contributed by atoms with E-state index in [4.69, 9.17) is 28.6 Å². The maximum absolute atomic E-state index is 11.9. The Balaban J connectivity index is 1.41. The lowest BCUT2D eigenvalue weighted by atomic mass is 10.0. The zero-order valence-corrected chi connectivity index (χ0v) is 21.6. The van der Waals surface area contributed by atoms with E-state index in [9.17, 15) is 4.79 Å². The molecule has 11 heteroatoms. The Hall–Kier alpha value is -3.99. The Morgan fingerprint density at radius 3 is 2.84 bits per heavy atom. The number of anilines is 1. The Labute approximate surface area is 214 Å². The van der Waals surface area contributed by atoms with Crippen LogP contribution in [0.4, 0.5) is 10.7 Å². The highest BCUT2D eigenvalue weighted by Crippen LogP contribution is 2.38. The predicted octanol–water partition coefficient (Wildman–Crippen LogP) is 4.15. The summed E-state index contributed by atoms with van der Waals surface area (Å²) in [5.41, 5.74) is 5.10. The van der Waals surface area contributed by atoms with Crippen LogP contribution < -0.4 is 15.0 Å². The number of hydrogen-bond donors (Lipinski definition) is 1. The summed E-state index contributed by atoms with van der Waals surface area (Å²) in [6.07, 6.45) is 1.95. The fourth-order valence-corrected chi connectivity index (χ4v) is 4.50. The summed E-state index contributed by atoms with van der Waals surface area (Å²) in [4.78, 5) is 32.6. The van der Waals surface area contributed by atoms with Crippen molar-refractivity contribution in [2.45, 2.75) is 46.3 Å². The number of ether oxygens (including phenoxy) is 3. The van der Waals surface area contributed by atoms with Gasteiger partial charge in [0.1, 0.15) is 16.8 Å². The van der Waals surface area contributed by atoms with E-state index in [1.807, 2.05) is 50.8 Å². The van der Waals surface area contributed by atoms with Crippen LogP contribution in [-0.4, -0.2) is 65.2 Å². The Morgan fingerprint density at radius 1 is 1.22 bits per heavy atom. The van der Waals surface area contributed by atoms with Gasteiger partial charge in [0.2, 0.25) is 5.95 Å². The predicted molar refractivity (Wildman–Crippen MR) is 138 cm³/mol. The lowest BCUT2D eigenvalue weighted by Gasteiger charge is -2.18. The molecule has 0 aliphatic carbocycles. The van der Waals surface area contributed by atoms with Crippen LogP contribution in [0.1, 0.15) is 31.7 Å². The molecule has 1 amide bonds. The van der Waals surface area contributed by atoms with E-state index in [0.717, 1.165) is 35.1 Å². The number of carbonyl (C=O) groups excluding carboxylic acids is 1. The first-order valence-corrected chi connectivity index (χ1v) is 12.2. The fourth-order valence-electron chi connectivity index (χ4n) is 4.50. The summed E-state index contributed by atoms with van der Waals surface area (Å²) in [7, 11) is 1.58. The summed E-state index contributed by atoms with van der Waals surface area (Å²) >= 11 is 0. The van der Waals surface area contributed by atoms with Gasteiger partial charge in [-0.25, -0.2) is 24.7 Å². The van der Waals surface area contributed by atoms with Gasteiger partial charge >= 0.3 is 6.09 Å². The molecule has 5 rings (SSSR count). The van der Waals surface area contributed by atoms with Gasteiger partial charge in [-0.05, 0) is 45.4 Å². The molecule has 1 aliphatic heterocycles. The highest BCUT2D eigenvalue weighted by Gasteiger charge is 2.27. The standard InChI is InChI=1S/C26H30N6O5/c1-14(2)36-26(33)29-17-8-9-32(12-17)25-27-11-21-20(31-25)7-6-19(30-21)18-10-22-23(28-16(4)37-22)15(3)24(18)35-13-34-5/h6-7,10-11,14,17H,8-9,12-13H2,1-5H3,(H,29,33)/t17-/m1/s1. The van der Waals surface area contributed by atoms with Gasteiger partial charge in [0, 0.05) is 38.2 Å². The molecule has 1 fully saturated rings. The second kappa shape index (κ2) is 10.2. The van der Waals surface area contributed by atoms with Crippen LogP contribution in [0.3, 0.4) is 0 Å². The molecular weight excluding hydrogens is 476 g/mol. The summed E-state index contributed by atoms with van der Waals surface area (Å²) in [5, 5.41) is 2.91. The van der Waals surface area contributed by atoms with E-state index in [2.05, 4.69) is 15.3 Å². The topological polar surface area (TPSA) is 125 Å². The van der Waals surface area contributed by atoms with E-state index >= 15 is 0 Å². The highest BCUT2D eigenvalue weighted by atomic mass is 16.7. The molecule has 11 nitrogen and oxygen atoms in total. The van der Waals surface area contributed by atoms with Crippen molar-refractivity contribution in [3.05, 3.63) is 35.9 Å². The van der Waals surface area contributed by atoms with Gasteiger partial charge in [-0.15, -0.1) is 0 Å². The molecule has 0 bridgehead atoms. The first-order chi connectivity index (χ1) is 17.8. The Kier molecular flexibility index (Phi) is 6.79. The number of amides is 1. The molecule has 37 heavy (non-hydrogen) atoms. The smallest absolute Gasteiger partial charge is 0.407 e. The molecule has 1 atom stereocenters. The quantitative estimate of drug-likeness (QED) is 0.366. The molecule has 4 aromatic rings. The molecule has 3 aromatic heterocycles. The third-order valence-corrected chi connectivity index (χ3v) is 6.13. The Bertz CT molecular complexity index is 1450. The average Bonchev–Trinajstić information content (AvgIpc) is 3.48. The Morgan fingerprint density at radius 2 is 2.05 bits per heavy atom. The van der Waals surface area contributed by atoms with Crippen LogP contribution in [0.15, 0.2) is 28.8 Å². The molecule has 1 N–H and O–H groups in total. The third-order valence-electron chi connectivity index (χ3n) is 6.13. The molecule has 4 heterocycles. The number of methoxy groups -OCH3 is 1. The third kappa shape index (κ3) is 5.12. The molecule has 0 spiro atoms.